The number of hydrogen-bond acceptors (Lipinski definition) is 4. The van der Waals surface area contributed by atoms with Gasteiger partial charge in [0, 0.05) is 6.07 Å². The minimum Gasteiger partial charge on any atom is -0.268 e. The molecule has 0 radical (unpaired) electrons. The van der Waals surface area contributed by atoms with Crippen LogP contribution in [0.25, 0.3) is 0 Å². The summed E-state index contributed by atoms with van der Waals surface area (Å²) >= 11 is 5.79. The second-order valence-corrected chi connectivity index (χ2v) is 4.92. The van der Waals surface area contributed by atoms with Gasteiger partial charge in [-0.05, 0) is 26.8 Å². The van der Waals surface area contributed by atoms with Gasteiger partial charge in [-0.1, -0.05) is 17.7 Å². The van der Waals surface area contributed by atoms with Crippen molar-refractivity contribution in [1.82, 2.24) is 5.48 Å². The molecule has 1 aromatic rings. The van der Waals surface area contributed by atoms with Crippen molar-refractivity contribution in [2.45, 2.75) is 26.4 Å². The van der Waals surface area contributed by atoms with E-state index in [0.29, 0.717) is 0 Å². The third-order valence-electron chi connectivity index (χ3n) is 1.87. The Morgan fingerprint density at radius 2 is 2.06 bits per heavy atom. The minimum atomic E-state index is -0.649. The van der Waals surface area contributed by atoms with Gasteiger partial charge in [0.1, 0.15) is 5.02 Å². The van der Waals surface area contributed by atoms with Gasteiger partial charge in [0.15, 0.2) is 0 Å². The number of nitrogens with one attached hydrogen (secondary N) is 1. The SMILES string of the molecule is CC(C)(C)ONC(=O)c1cccc([N+](=O)[O-])c1Cl. The van der Waals surface area contributed by atoms with Crippen LogP contribution in [0.2, 0.25) is 5.02 Å². The zero-order chi connectivity index (χ0) is 13.9. The smallest absolute Gasteiger partial charge is 0.268 e. The summed E-state index contributed by atoms with van der Waals surface area (Å²) in [6.07, 6.45) is 0. The fraction of sp³-hybridized carbons (Fsp3) is 0.364. The molecular weight excluding hydrogens is 260 g/mol. The van der Waals surface area contributed by atoms with Crippen LogP contribution in [0.5, 0.6) is 0 Å². The van der Waals surface area contributed by atoms with Crippen LogP contribution < -0.4 is 5.48 Å². The van der Waals surface area contributed by atoms with Gasteiger partial charge in [0.25, 0.3) is 11.6 Å². The summed E-state index contributed by atoms with van der Waals surface area (Å²) in [5.41, 5.74) is 1.31. The van der Waals surface area contributed by atoms with Gasteiger partial charge < -0.3 is 0 Å². The molecule has 0 unspecified atom stereocenters. The predicted octanol–water partition coefficient (Wildman–Crippen LogP) is 2.71. The first-order valence-corrected chi connectivity index (χ1v) is 5.51. The van der Waals surface area contributed by atoms with E-state index in [4.69, 9.17) is 16.4 Å². The second-order valence-electron chi connectivity index (χ2n) is 4.54. The van der Waals surface area contributed by atoms with Crippen LogP contribution in [0.1, 0.15) is 31.1 Å². The standard InChI is InChI=1S/C11H13ClN2O4/c1-11(2,3)18-13-10(15)7-5-4-6-8(9(7)12)14(16)17/h4-6H,1-3H3,(H,13,15). The second kappa shape index (κ2) is 5.32. The van der Waals surface area contributed by atoms with Gasteiger partial charge in [-0.2, -0.15) is 0 Å². The highest BCUT2D eigenvalue weighted by atomic mass is 35.5. The summed E-state index contributed by atoms with van der Waals surface area (Å²) in [7, 11) is 0. The quantitative estimate of drug-likeness (QED) is 0.677. The van der Waals surface area contributed by atoms with Crippen LogP contribution in [0.3, 0.4) is 0 Å². The van der Waals surface area contributed by atoms with Crippen LogP contribution in [-0.2, 0) is 4.84 Å². The van der Waals surface area contributed by atoms with Gasteiger partial charge >= 0.3 is 0 Å². The zero-order valence-corrected chi connectivity index (χ0v) is 10.9. The van der Waals surface area contributed by atoms with E-state index in [9.17, 15) is 14.9 Å². The molecule has 18 heavy (non-hydrogen) atoms. The topological polar surface area (TPSA) is 81.5 Å². The molecule has 7 heteroatoms. The van der Waals surface area contributed by atoms with Gasteiger partial charge in [-0.3, -0.25) is 19.7 Å². The molecule has 6 nitrogen and oxygen atoms in total. The molecule has 0 spiro atoms. The Morgan fingerprint density at radius 1 is 1.44 bits per heavy atom. The molecule has 0 aliphatic rings. The van der Waals surface area contributed by atoms with Crippen molar-refractivity contribution in [1.29, 1.82) is 0 Å². The Balaban J connectivity index is 2.93. The van der Waals surface area contributed by atoms with E-state index >= 15 is 0 Å². The monoisotopic (exact) mass is 272 g/mol. The molecule has 98 valence electrons. The number of benzene rings is 1. The molecule has 0 atom stereocenters. The Morgan fingerprint density at radius 3 is 2.56 bits per heavy atom. The first-order chi connectivity index (χ1) is 8.22. The summed E-state index contributed by atoms with van der Waals surface area (Å²) in [5, 5.41) is 10.5. The van der Waals surface area contributed by atoms with Crippen molar-refractivity contribution in [3.63, 3.8) is 0 Å². The van der Waals surface area contributed by atoms with E-state index < -0.39 is 16.4 Å². The molecule has 0 aliphatic heterocycles. The lowest BCUT2D eigenvalue weighted by atomic mass is 10.2. The normalized spacial score (nSPS) is 11.1. The summed E-state index contributed by atoms with van der Waals surface area (Å²) < 4.78 is 0. The molecule has 0 saturated heterocycles. The number of rotatable bonds is 3. The lowest BCUT2D eigenvalue weighted by molar-refractivity contribution is -0.384. The van der Waals surface area contributed by atoms with Crippen LogP contribution in [0.4, 0.5) is 5.69 Å². The first kappa shape index (κ1) is 14.4. The van der Waals surface area contributed by atoms with E-state index in [1.54, 1.807) is 20.8 Å². The maximum absolute atomic E-state index is 11.7. The van der Waals surface area contributed by atoms with Crippen LogP contribution in [-0.4, -0.2) is 16.4 Å². The van der Waals surface area contributed by atoms with Gasteiger partial charge in [-0.25, -0.2) is 5.48 Å². The average Bonchev–Trinajstić information content (AvgIpc) is 2.24. The fourth-order valence-corrected chi connectivity index (χ4v) is 1.37. The number of carbonyl (C=O) groups is 1. The van der Waals surface area contributed by atoms with Crippen molar-refractivity contribution in [2.75, 3.05) is 0 Å². The summed E-state index contributed by atoms with van der Waals surface area (Å²) in [6.45, 7) is 5.26. The number of amides is 1. The first-order valence-electron chi connectivity index (χ1n) is 5.13. The van der Waals surface area contributed by atoms with E-state index in [2.05, 4.69) is 5.48 Å². The largest absolute Gasteiger partial charge is 0.288 e. The molecule has 1 aromatic carbocycles. The third-order valence-corrected chi connectivity index (χ3v) is 2.27. The molecule has 1 rings (SSSR count). The predicted molar refractivity (Wildman–Crippen MR) is 66.4 cm³/mol. The summed E-state index contributed by atoms with van der Waals surface area (Å²) in [5.74, 6) is -0.626. The Kier molecular flexibility index (Phi) is 4.26. The highest BCUT2D eigenvalue weighted by molar-refractivity contribution is 6.35. The minimum absolute atomic E-state index is 0.00452. The number of hydrogen-bond donors (Lipinski definition) is 1. The van der Waals surface area contributed by atoms with Crippen molar-refractivity contribution >= 4 is 23.2 Å². The third kappa shape index (κ3) is 3.68. The van der Waals surface area contributed by atoms with Crippen LogP contribution in [0, 0.1) is 10.1 Å². The highest BCUT2D eigenvalue weighted by Crippen LogP contribution is 2.27. The Labute approximate surface area is 109 Å². The van der Waals surface area contributed by atoms with Crippen molar-refractivity contribution in [3.8, 4) is 0 Å². The van der Waals surface area contributed by atoms with Crippen molar-refractivity contribution < 1.29 is 14.6 Å². The number of hydroxylamine groups is 1. The molecule has 0 heterocycles. The lowest BCUT2D eigenvalue weighted by Gasteiger charge is -2.19. The molecule has 1 amide bonds. The van der Waals surface area contributed by atoms with E-state index in [0.717, 1.165) is 0 Å². The van der Waals surface area contributed by atoms with Crippen LogP contribution >= 0.6 is 11.6 Å². The fourth-order valence-electron chi connectivity index (χ4n) is 1.09. The van der Waals surface area contributed by atoms with E-state index in [-0.39, 0.29) is 16.3 Å². The molecule has 0 aromatic heterocycles. The molecule has 0 aliphatic carbocycles. The zero-order valence-electron chi connectivity index (χ0n) is 10.2. The maximum Gasteiger partial charge on any atom is 0.288 e. The van der Waals surface area contributed by atoms with E-state index in [1.165, 1.54) is 18.2 Å². The molecule has 1 N–H and O–H groups in total. The highest BCUT2D eigenvalue weighted by Gasteiger charge is 2.21. The Hall–Kier alpha value is -1.66. The summed E-state index contributed by atoms with van der Waals surface area (Å²) in [6, 6.07) is 4.00. The van der Waals surface area contributed by atoms with Crippen molar-refractivity contribution in [2.24, 2.45) is 0 Å². The number of nitrogens with zero attached hydrogens (tertiary/aromatic N) is 1. The van der Waals surface area contributed by atoms with Gasteiger partial charge in [-0.15, -0.1) is 0 Å². The molecular formula is C11H13ClN2O4. The number of nitro groups is 1. The molecule has 0 bridgehead atoms. The lowest BCUT2D eigenvalue weighted by Crippen LogP contribution is -2.33. The molecule has 0 fully saturated rings. The van der Waals surface area contributed by atoms with Crippen LogP contribution in [0.15, 0.2) is 18.2 Å². The molecule has 0 saturated carbocycles. The van der Waals surface area contributed by atoms with E-state index in [1.807, 2.05) is 0 Å². The average molecular weight is 273 g/mol. The summed E-state index contributed by atoms with van der Waals surface area (Å²) in [4.78, 5) is 26.8. The number of nitro benzene ring substituents is 1. The Bertz CT molecular complexity index is 482. The number of carbonyl (C=O) groups excluding carboxylic acids is 1. The number of halogens is 1. The van der Waals surface area contributed by atoms with Gasteiger partial charge in [0.2, 0.25) is 0 Å². The maximum atomic E-state index is 11.7. The van der Waals surface area contributed by atoms with Crippen molar-refractivity contribution in [3.05, 3.63) is 38.9 Å². The van der Waals surface area contributed by atoms with Gasteiger partial charge in [0.05, 0.1) is 16.1 Å².